The first kappa shape index (κ1) is 9.19. The van der Waals surface area contributed by atoms with Crippen molar-refractivity contribution in [3.63, 3.8) is 0 Å². The molecule has 1 fully saturated rings. The van der Waals surface area contributed by atoms with Crippen LogP contribution < -0.4 is 10.5 Å². The Morgan fingerprint density at radius 3 is 2.93 bits per heavy atom. The van der Waals surface area contributed by atoms with E-state index in [1.165, 1.54) is 15.6 Å². The number of rotatable bonds is 2. The lowest BCUT2D eigenvalue weighted by Crippen LogP contribution is -2.00. The van der Waals surface area contributed by atoms with Crippen molar-refractivity contribution in [3.8, 4) is 5.75 Å². The Bertz CT molecular complexity index is 505. The third kappa shape index (κ3) is 1.43. The maximum atomic E-state index is 5.89. The van der Waals surface area contributed by atoms with Crippen LogP contribution in [-0.2, 0) is 0 Å². The highest BCUT2D eigenvalue weighted by Gasteiger charge is 2.36. The van der Waals surface area contributed by atoms with Crippen molar-refractivity contribution in [1.29, 1.82) is 0 Å². The monoisotopic (exact) mass is 219 g/mol. The molecule has 15 heavy (non-hydrogen) atoms. The summed E-state index contributed by atoms with van der Waals surface area (Å²) in [6.45, 7) is 0. The summed E-state index contributed by atoms with van der Waals surface area (Å²) in [5.74, 6) is 1.50. The number of benzene rings is 1. The fourth-order valence-electron chi connectivity index (χ4n) is 2.01. The highest BCUT2D eigenvalue weighted by Crippen LogP contribution is 2.45. The zero-order valence-electron chi connectivity index (χ0n) is 8.57. The van der Waals surface area contributed by atoms with Gasteiger partial charge in [-0.05, 0) is 40.9 Å². The summed E-state index contributed by atoms with van der Waals surface area (Å²) in [5.41, 5.74) is 7.30. The minimum Gasteiger partial charge on any atom is -0.497 e. The van der Waals surface area contributed by atoms with Gasteiger partial charge in [0, 0.05) is 16.7 Å². The number of fused-ring (bicyclic) bond motifs is 1. The molecule has 2 nitrogen and oxygen atoms in total. The Morgan fingerprint density at radius 2 is 2.27 bits per heavy atom. The van der Waals surface area contributed by atoms with E-state index in [2.05, 4.69) is 17.5 Å². The van der Waals surface area contributed by atoms with Gasteiger partial charge in [-0.2, -0.15) is 0 Å². The first-order valence-electron chi connectivity index (χ1n) is 5.10. The third-order valence-electron chi connectivity index (χ3n) is 3.05. The van der Waals surface area contributed by atoms with Crippen LogP contribution in [0.5, 0.6) is 5.75 Å². The Hall–Kier alpha value is -1.06. The van der Waals surface area contributed by atoms with Crippen molar-refractivity contribution >= 4 is 21.4 Å². The molecule has 1 heterocycles. The minimum atomic E-state index is 0.369. The Morgan fingerprint density at radius 1 is 1.47 bits per heavy atom. The lowest BCUT2D eigenvalue weighted by molar-refractivity contribution is 0.415. The van der Waals surface area contributed by atoms with Gasteiger partial charge in [0.05, 0.1) is 7.11 Å². The van der Waals surface area contributed by atoms with Crippen LogP contribution in [0.1, 0.15) is 17.9 Å². The number of hydrogen-bond acceptors (Lipinski definition) is 3. The summed E-state index contributed by atoms with van der Waals surface area (Å²) in [5, 5.41) is 3.55. The van der Waals surface area contributed by atoms with Crippen LogP contribution in [0.15, 0.2) is 23.6 Å². The van der Waals surface area contributed by atoms with Gasteiger partial charge in [0.2, 0.25) is 0 Å². The molecule has 1 aromatic heterocycles. The number of methoxy groups -OCH3 is 1. The van der Waals surface area contributed by atoms with Crippen molar-refractivity contribution in [1.82, 2.24) is 0 Å². The molecule has 0 saturated heterocycles. The van der Waals surface area contributed by atoms with Gasteiger partial charge in [-0.3, -0.25) is 0 Å². The van der Waals surface area contributed by atoms with Gasteiger partial charge >= 0.3 is 0 Å². The van der Waals surface area contributed by atoms with E-state index in [1.807, 2.05) is 6.07 Å². The van der Waals surface area contributed by atoms with Crippen molar-refractivity contribution < 1.29 is 4.74 Å². The summed E-state index contributed by atoms with van der Waals surface area (Å²) in [6.07, 6.45) is 1.13. The molecule has 3 rings (SSSR count). The minimum absolute atomic E-state index is 0.369. The van der Waals surface area contributed by atoms with Gasteiger partial charge in [-0.25, -0.2) is 0 Å². The van der Waals surface area contributed by atoms with Gasteiger partial charge in [0.1, 0.15) is 5.75 Å². The van der Waals surface area contributed by atoms with Crippen molar-refractivity contribution in [2.24, 2.45) is 5.73 Å². The van der Waals surface area contributed by atoms with E-state index in [1.54, 1.807) is 18.4 Å². The maximum absolute atomic E-state index is 5.89. The van der Waals surface area contributed by atoms with E-state index in [0.717, 1.165) is 12.2 Å². The summed E-state index contributed by atoms with van der Waals surface area (Å²) in [6, 6.07) is 6.62. The lowest BCUT2D eigenvalue weighted by atomic mass is 10.1. The maximum Gasteiger partial charge on any atom is 0.119 e. The molecule has 1 aliphatic rings. The molecule has 1 aromatic carbocycles. The first-order valence-corrected chi connectivity index (χ1v) is 5.98. The van der Waals surface area contributed by atoms with Gasteiger partial charge in [0.15, 0.2) is 0 Å². The molecular formula is C12H13NOS. The van der Waals surface area contributed by atoms with Crippen LogP contribution in [0.4, 0.5) is 0 Å². The highest BCUT2D eigenvalue weighted by molar-refractivity contribution is 7.17. The SMILES string of the molecule is COc1ccc2scc(C3CC3N)c2c1. The molecule has 0 amide bonds. The molecule has 2 aromatic rings. The molecule has 0 spiro atoms. The first-order chi connectivity index (χ1) is 7.29. The number of ether oxygens (including phenoxy) is 1. The Kier molecular flexibility index (Phi) is 1.97. The molecule has 2 unspecified atom stereocenters. The van der Waals surface area contributed by atoms with Crippen molar-refractivity contribution in [3.05, 3.63) is 29.1 Å². The van der Waals surface area contributed by atoms with E-state index >= 15 is 0 Å². The summed E-state index contributed by atoms with van der Waals surface area (Å²) >= 11 is 1.79. The highest BCUT2D eigenvalue weighted by atomic mass is 32.1. The number of nitrogens with two attached hydrogens (primary N) is 1. The van der Waals surface area contributed by atoms with Gasteiger partial charge in [0.25, 0.3) is 0 Å². The smallest absolute Gasteiger partial charge is 0.119 e. The van der Waals surface area contributed by atoms with Crippen LogP contribution in [0.25, 0.3) is 10.1 Å². The lowest BCUT2D eigenvalue weighted by Gasteiger charge is -2.01. The zero-order valence-corrected chi connectivity index (χ0v) is 9.38. The number of hydrogen-bond donors (Lipinski definition) is 1. The standard InChI is InChI=1S/C12H13NOS/c1-14-7-2-3-12-9(4-7)10(6-15-12)8-5-11(8)13/h2-4,6,8,11H,5,13H2,1H3. The van der Waals surface area contributed by atoms with Crippen LogP contribution >= 0.6 is 11.3 Å². The van der Waals surface area contributed by atoms with Crippen LogP contribution in [-0.4, -0.2) is 13.2 Å². The average molecular weight is 219 g/mol. The predicted molar refractivity (Wildman–Crippen MR) is 63.7 cm³/mol. The van der Waals surface area contributed by atoms with E-state index in [-0.39, 0.29) is 0 Å². The molecule has 1 saturated carbocycles. The third-order valence-corrected chi connectivity index (χ3v) is 4.03. The van der Waals surface area contributed by atoms with E-state index < -0.39 is 0 Å². The molecule has 0 bridgehead atoms. The van der Waals surface area contributed by atoms with Gasteiger partial charge < -0.3 is 10.5 Å². The largest absolute Gasteiger partial charge is 0.497 e. The van der Waals surface area contributed by atoms with Crippen molar-refractivity contribution in [2.45, 2.75) is 18.4 Å². The zero-order chi connectivity index (χ0) is 10.4. The molecule has 0 aliphatic heterocycles. The summed E-state index contributed by atoms with van der Waals surface area (Å²) in [4.78, 5) is 0. The quantitative estimate of drug-likeness (QED) is 0.843. The molecule has 3 heteroatoms. The normalized spacial score (nSPS) is 24.4. The van der Waals surface area contributed by atoms with Gasteiger partial charge in [-0.15, -0.1) is 11.3 Å². The van der Waals surface area contributed by atoms with E-state index in [0.29, 0.717) is 12.0 Å². The van der Waals surface area contributed by atoms with Crippen LogP contribution in [0.2, 0.25) is 0 Å². The summed E-state index contributed by atoms with van der Waals surface area (Å²) in [7, 11) is 1.70. The second kappa shape index (κ2) is 3.22. The van der Waals surface area contributed by atoms with E-state index in [9.17, 15) is 0 Å². The van der Waals surface area contributed by atoms with Crippen molar-refractivity contribution in [2.75, 3.05) is 7.11 Å². The average Bonchev–Trinajstić information content (AvgIpc) is 2.84. The summed E-state index contributed by atoms with van der Waals surface area (Å²) < 4.78 is 6.57. The second-order valence-corrected chi connectivity index (χ2v) is 4.97. The van der Waals surface area contributed by atoms with E-state index in [4.69, 9.17) is 10.5 Å². The fourth-order valence-corrected chi connectivity index (χ4v) is 3.02. The molecule has 2 N–H and O–H groups in total. The van der Waals surface area contributed by atoms with Gasteiger partial charge in [-0.1, -0.05) is 0 Å². The molecule has 2 atom stereocenters. The number of thiophene rings is 1. The second-order valence-electron chi connectivity index (χ2n) is 4.06. The van der Waals surface area contributed by atoms with Crippen LogP contribution in [0, 0.1) is 0 Å². The topological polar surface area (TPSA) is 35.2 Å². The molecule has 1 aliphatic carbocycles. The Labute approximate surface area is 92.7 Å². The van der Waals surface area contributed by atoms with Crippen LogP contribution in [0.3, 0.4) is 0 Å². The Balaban J connectivity index is 2.14. The molecule has 0 radical (unpaired) electrons. The predicted octanol–water partition coefficient (Wildman–Crippen LogP) is 2.72. The molecular weight excluding hydrogens is 206 g/mol. The fraction of sp³-hybridized carbons (Fsp3) is 0.333. The molecule has 78 valence electrons.